The van der Waals surface area contributed by atoms with Gasteiger partial charge in [-0.3, -0.25) is 0 Å². The summed E-state index contributed by atoms with van der Waals surface area (Å²) in [5.41, 5.74) is 0.817. The van der Waals surface area contributed by atoms with Crippen LogP contribution < -0.4 is 0 Å². The smallest absolute Gasteiger partial charge is 0.107 e. The molecule has 0 spiro atoms. The average Bonchev–Trinajstić information content (AvgIpc) is 2.71. The topological polar surface area (TPSA) is 33.1 Å². The van der Waals surface area contributed by atoms with E-state index in [2.05, 4.69) is 18.8 Å². The van der Waals surface area contributed by atoms with Crippen LogP contribution in [0.5, 0.6) is 0 Å². The highest BCUT2D eigenvalue weighted by atomic mass is 32.2. The molecule has 1 aliphatic heterocycles. The SMILES string of the molecule is CC(O)c1csc(C2CSC(C)C(C)S2)n1. The first-order valence-corrected chi connectivity index (χ1v) is 8.35. The lowest BCUT2D eigenvalue weighted by molar-refractivity contribution is 0.195. The predicted molar refractivity (Wildman–Crippen MR) is 74.5 cm³/mol. The molecule has 1 aromatic rings. The highest BCUT2D eigenvalue weighted by Gasteiger charge is 2.28. The number of rotatable bonds is 2. The second kappa shape index (κ2) is 5.29. The van der Waals surface area contributed by atoms with Crippen molar-refractivity contribution in [1.29, 1.82) is 0 Å². The van der Waals surface area contributed by atoms with Gasteiger partial charge in [-0.25, -0.2) is 4.98 Å². The van der Waals surface area contributed by atoms with Crippen molar-refractivity contribution in [3.8, 4) is 0 Å². The van der Waals surface area contributed by atoms with Crippen molar-refractivity contribution in [2.75, 3.05) is 5.75 Å². The lowest BCUT2D eigenvalue weighted by Gasteiger charge is -2.30. The predicted octanol–water partition coefficient (Wildman–Crippen LogP) is 3.49. The largest absolute Gasteiger partial charge is 0.387 e. The fraction of sp³-hybridized carbons (Fsp3) is 0.727. The minimum Gasteiger partial charge on any atom is -0.387 e. The Morgan fingerprint density at radius 3 is 2.75 bits per heavy atom. The second-order valence-electron chi connectivity index (χ2n) is 4.15. The minimum atomic E-state index is -0.442. The van der Waals surface area contributed by atoms with Crippen molar-refractivity contribution < 1.29 is 5.11 Å². The summed E-state index contributed by atoms with van der Waals surface area (Å²) in [7, 11) is 0. The van der Waals surface area contributed by atoms with Crippen molar-refractivity contribution in [3.63, 3.8) is 0 Å². The van der Waals surface area contributed by atoms with Gasteiger partial charge in [0.25, 0.3) is 0 Å². The van der Waals surface area contributed by atoms with E-state index in [4.69, 9.17) is 0 Å². The van der Waals surface area contributed by atoms with Crippen LogP contribution in [0.1, 0.15) is 42.8 Å². The highest BCUT2D eigenvalue weighted by molar-refractivity contribution is 8.07. The summed E-state index contributed by atoms with van der Waals surface area (Å²) < 4.78 is 0. The Balaban J connectivity index is 2.07. The summed E-state index contributed by atoms with van der Waals surface area (Å²) >= 11 is 5.73. The van der Waals surface area contributed by atoms with E-state index in [9.17, 15) is 5.11 Å². The van der Waals surface area contributed by atoms with Crippen LogP contribution in [0, 0.1) is 0 Å². The first-order valence-electron chi connectivity index (χ1n) is 5.48. The lowest BCUT2D eigenvalue weighted by atomic mass is 10.3. The molecule has 1 fully saturated rings. The van der Waals surface area contributed by atoms with E-state index < -0.39 is 6.10 Å². The summed E-state index contributed by atoms with van der Waals surface area (Å²) in [4.78, 5) is 4.53. The molecule has 0 radical (unpaired) electrons. The maximum absolute atomic E-state index is 9.46. The summed E-state index contributed by atoms with van der Waals surface area (Å²) in [5.74, 6) is 1.14. The van der Waals surface area contributed by atoms with Crippen LogP contribution in [0.3, 0.4) is 0 Å². The zero-order valence-corrected chi connectivity index (χ0v) is 12.2. The van der Waals surface area contributed by atoms with Crippen molar-refractivity contribution in [2.24, 2.45) is 0 Å². The molecular formula is C11H17NOS3. The second-order valence-corrected chi connectivity index (χ2v) is 8.04. The number of aromatic nitrogens is 1. The van der Waals surface area contributed by atoms with Crippen LogP contribution >= 0.6 is 34.9 Å². The zero-order chi connectivity index (χ0) is 11.7. The molecule has 0 bridgehead atoms. The van der Waals surface area contributed by atoms with Gasteiger partial charge in [-0.05, 0) is 6.92 Å². The number of thiazole rings is 1. The Hall–Kier alpha value is 0.290. The van der Waals surface area contributed by atoms with Crippen LogP contribution in [0.25, 0.3) is 0 Å². The van der Waals surface area contributed by atoms with E-state index in [1.54, 1.807) is 18.3 Å². The van der Waals surface area contributed by atoms with Gasteiger partial charge in [0.15, 0.2) is 0 Å². The third-order valence-corrected chi connectivity index (χ3v) is 7.32. The van der Waals surface area contributed by atoms with Gasteiger partial charge in [0.1, 0.15) is 5.01 Å². The number of hydrogen-bond donors (Lipinski definition) is 1. The molecule has 2 nitrogen and oxygen atoms in total. The van der Waals surface area contributed by atoms with Gasteiger partial charge in [0.05, 0.1) is 17.0 Å². The molecule has 4 unspecified atom stereocenters. The average molecular weight is 275 g/mol. The van der Waals surface area contributed by atoms with E-state index in [-0.39, 0.29) is 0 Å². The summed E-state index contributed by atoms with van der Waals surface area (Å²) in [6.07, 6.45) is -0.442. The highest BCUT2D eigenvalue weighted by Crippen LogP contribution is 2.45. The monoisotopic (exact) mass is 275 g/mol. The lowest BCUT2D eigenvalue weighted by Crippen LogP contribution is -2.21. The molecule has 0 aromatic carbocycles. The number of nitrogens with zero attached hydrogens (tertiary/aromatic N) is 1. The number of thioether (sulfide) groups is 2. The third kappa shape index (κ3) is 2.75. The van der Waals surface area contributed by atoms with E-state index in [0.717, 1.165) is 16.7 Å². The van der Waals surface area contributed by atoms with Crippen molar-refractivity contribution in [1.82, 2.24) is 4.98 Å². The molecular weight excluding hydrogens is 258 g/mol. The Morgan fingerprint density at radius 1 is 1.44 bits per heavy atom. The molecule has 90 valence electrons. The van der Waals surface area contributed by atoms with Crippen LogP contribution in [0.4, 0.5) is 0 Å². The molecule has 0 aliphatic carbocycles. The van der Waals surface area contributed by atoms with E-state index in [1.807, 2.05) is 28.9 Å². The number of aliphatic hydroxyl groups excluding tert-OH is 1. The summed E-state index contributed by atoms with van der Waals surface area (Å²) in [5, 5.41) is 14.5. The normalized spacial score (nSPS) is 32.6. The summed E-state index contributed by atoms with van der Waals surface area (Å²) in [6.45, 7) is 6.35. The minimum absolute atomic E-state index is 0.442. The van der Waals surface area contributed by atoms with Gasteiger partial charge in [0.2, 0.25) is 0 Å². The van der Waals surface area contributed by atoms with E-state index in [0.29, 0.717) is 10.5 Å². The van der Waals surface area contributed by atoms with Gasteiger partial charge in [-0.2, -0.15) is 11.8 Å². The fourth-order valence-electron chi connectivity index (χ4n) is 1.55. The van der Waals surface area contributed by atoms with Crippen LogP contribution in [0.15, 0.2) is 5.38 Å². The molecule has 16 heavy (non-hydrogen) atoms. The third-order valence-electron chi connectivity index (χ3n) is 2.79. The van der Waals surface area contributed by atoms with Crippen LogP contribution in [0.2, 0.25) is 0 Å². The quantitative estimate of drug-likeness (QED) is 0.895. The van der Waals surface area contributed by atoms with Crippen molar-refractivity contribution >= 4 is 34.9 Å². The molecule has 1 saturated heterocycles. The molecule has 2 heterocycles. The van der Waals surface area contributed by atoms with Gasteiger partial charge < -0.3 is 5.11 Å². The maximum Gasteiger partial charge on any atom is 0.107 e. The van der Waals surface area contributed by atoms with E-state index >= 15 is 0 Å². The van der Waals surface area contributed by atoms with Crippen molar-refractivity contribution in [3.05, 3.63) is 16.1 Å². The van der Waals surface area contributed by atoms with Gasteiger partial charge in [-0.15, -0.1) is 23.1 Å². The van der Waals surface area contributed by atoms with Crippen LogP contribution in [-0.4, -0.2) is 26.3 Å². The fourth-order valence-corrected chi connectivity index (χ4v) is 5.67. The molecule has 1 aliphatic rings. The Labute approximate surface area is 109 Å². The molecule has 0 saturated carbocycles. The van der Waals surface area contributed by atoms with Gasteiger partial charge in [0, 0.05) is 21.6 Å². The van der Waals surface area contributed by atoms with Gasteiger partial charge >= 0.3 is 0 Å². The molecule has 4 atom stereocenters. The number of aliphatic hydroxyl groups is 1. The van der Waals surface area contributed by atoms with Crippen molar-refractivity contribution in [2.45, 2.75) is 42.6 Å². The molecule has 1 N–H and O–H groups in total. The Kier molecular flexibility index (Phi) is 4.21. The first-order chi connectivity index (χ1) is 7.58. The van der Waals surface area contributed by atoms with E-state index in [1.165, 1.54) is 5.01 Å². The Bertz CT molecular complexity index is 353. The summed E-state index contributed by atoms with van der Waals surface area (Å²) in [6, 6.07) is 0. The molecule has 2 rings (SSSR count). The zero-order valence-electron chi connectivity index (χ0n) is 9.71. The maximum atomic E-state index is 9.46. The number of hydrogen-bond acceptors (Lipinski definition) is 5. The molecule has 5 heteroatoms. The first kappa shape index (κ1) is 12.7. The molecule has 0 amide bonds. The molecule has 1 aromatic heterocycles. The van der Waals surface area contributed by atoms with Crippen LogP contribution in [-0.2, 0) is 0 Å². The van der Waals surface area contributed by atoms with Gasteiger partial charge in [-0.1, -0.05) is 13.8 Å². The standard InChI is InChI=1S/C11H17NOS3/c1-6(13)9-4-15-11(12-9)10-5-14-7(2)8(3)16-10/h4,6-8,10,13H,5H2,1-3H3. The Morgan fingerprint density at radius 2 is 2.19 bits per heavy atom.